The monoisotopic (exact) mass is 440 g/mol. The van der Waals surface area contributed by atoms with Gasteiger partial charge in [0.15, 0.2) is 6.61 Å². The molecule has 0 heterocycles. The number of anilines is 1. The lowest BCUT2D eigenvalue weighted by Crippen LogP contribution is -2.20. The summed E-state index contributed by atoms with van der Waals surface area (Å²) in [6.07, 6.45) is 1.57. The molecule has 0 bridgehead atoms. The van der Waals surface area contributed by atoms with E-state index in [0.29, 0.717) is 10.2 Å². The standard InChI is InChI=1S/C22H18BrFN2O2/c1-15-2-7-18(8-3-15)26-22(27)14-28-19-9-4-16(5-10-19)13-25-21-11-6-17(23)12-20(21)24/h2-13H,14H2,1H3,(H,26,27). The first kappa shape index (κ1) is 19.8. The predicted octanol–water partition coefficient (Wildman–Crippen LogP) is 5.66. The first-order valence-corrected chi connectivity index (χ1v) is 9.37. The molecule has 0 unspecified atom stereocenters. The summed E-state index contributed by atoms with van der Waals surface area (Å²) in [4.78, 5) is 16.1. The van der Waals surface area contributed by atoms with E-state index in [1.807, 2.05) is 31.2 Å². The Hall–Kier alpha value is -2.99. The van der Waals surface area contributed by atoms with Crippen molar-refractivity contribution in [3.63, 3.8) is 0 Å². The Bertz CT molecular complexity index is 986. The van der Waals surface area contributed by atoms with Gasteiger partial charge < -0.3 is 10.1 Å². The average molecular weight is 441 g/mol. The van der Waals surface area contributed by atoms with Gasteiger partial charge in [-0.3, -0.25) is 9.79 Å². The molecule has 3 aromatic rings. The third kappa shape index (κ3) is 5.76. The normalized spacial score (nSPS) is 10.8. The van der Waals surface area contributed by atoms with Crippen molar-refractivity contribution in [2.75, 3.05) is 11.9 Å². The molecule has 0 atom stereocenters. The fourth-order valence-corrected chi connectivity index (χ4v) is 2.70. The number of aliphatic imine (C=N–C) groups is 1. The molecular weight excluding hydrogens is 423 g/mol. The number of nitrogens with one attached hydrogen (secondary N) is 1. The number of carbonyl (C=O) groups excluding carboxylic acids is 1. The van der Waals surface area contributed by atoms with Crippen molar-refractivity contribution < 1.29 is 13.9 Å². The average Bonchev–Trinajstić information content (AvgIpc) is 2.68. The van der Waals surface area contributed by atoms with Crippen molar-refractivity contribution >= 4 is 39.4 Å². The summed E-state index contributed by atoms with van der Waals surface area (Å²) in [7, 11) is 0. The first-order chi connectivity index (χ1) is 13.5. The highest BCUT2D eigenvalue weighted by atomic mass is 79.9. The maximum absolute atomic E-state index is 13.8. The second kappa shape index (κ2) is 9.28. The van der Waals surface area contributed by atoms with Crippen molar-refractivity contribution in [3.8, 4) is 5.75 Å². The molecule has 0 aliphatic rings. The molecule has 0 saturated heterocycles. The molecule has 1 amide bonds. The van der Waals surface area contributed by atoms with E-state index in [-0.39, 0.29) is 18.2 Å². The molecule has 4 nitrogen and oxygen atoms in total. The number of carbonyl (C=O) groups is 1. The van der Waals surface area contributed by atoms with Crippen LogP contribution in [0.5, 0.6) is 5.75 Å². The van der Waals surface area contributed by atoms with Crippen LogP contribution in [0.25, 0.3) is 0 Å². The highest BCUT2D eigenvalue weighted by Crippen LogP contribution is 2.22. The Kier molecular flexibility index (Phi) is 6.55. The number of halogens is 2. The van der Waals surface area contributed by atoms with Gasteiger partial charge in [-0.2, -0.15) is 0 Å². The van der Waals surface area contributed by atoms with Gasteiger partial charge >= 0.3 is 0 Å². The quantitative estimate of drug-likeness (QED) is 0.502. The molecule has 0 fully saturated rings. The molecule has 142 valence electrons. The van der Waals surface area contributed by atoms with Crippen LogP contribution >= 0.6 is 15.9 Å². The van der Waals surface area contributed by atoms with Crippen LogP contribution in [0.2, 0.25) is 0 Å². The van der Waals surface area contributed by atoms with Crippen molar-refractivity contribution in [3.05, 3.63) is 88.1 Å². The zero-order valence-electron chi connectivity index (χ0n) is 15.2. The number of benzene rings is 3. The Labute approximate surface area is 171 Å². The van der Waals surface area contributed by atoms with Gasteiger partial charge in [0, 0.05) is 16.4 Å². The van der Waals surface area contributed by atoms with E-state index in [9.17, 15) is 9.18 Å². The summed E-state index contributed by atoms with van der Waals surface area (Å²) in [5.74, 6) is -0.0728. The molecule has 0 spiro atoms. The lowest BCUT2D eigenvalue weighted by Gasteiger charge is -2.08. The minimum absolute atomic E-state index is 0.0918. The van der Waals surface area contributed by atoms with Crippen molar-refractivity contribution in [2.24, 2.45) is 4.99 Å². The van der Waals surface area contributed by atoms with Gasteiger partial charge in [0.05, 0.1) is 5.69 Å². The lowest BCUT2D eigenvalue weighted by atomic mass is 10.2. The summed E-state index contributed by atoms with van der Waals surface area (Å²) >= 11 is 3.21. The Morgan fingerprint density at radius 3 is 2.50 bits per heavy atom. The molecule has 0 aliphatic heterocycles. The van der Waals surface area contributed by atoms with Gasteiger partial charge in [0.25, 0.3) is 5.91 Å². The molecule has 0 aliphatic carbocycles. The number of ether oxygens (including phenoxy) is 1. The third-order valence-corrected chi connectivity index (χ3v) is 4.34. The van der Waals surface area contributed by atoms with Crippen LogP contribution in [-0.4, -0.2) is 18.7 Å². The van der Waals surface area contributed by atoms with Crippen LogP contribution in [-0.2, 0) is 4.79 Å². The maximum Gasteiger partial charge on any atom is 0.262 e. The van der Waals surface area contributed by atoms with Crippen LogP contribution in [0.4, 0.5) is 15.8 Å². The largest absolute Gasteiger partial charge is 0.484 e. The third-order valence-electron chi connectivity index (χ3n) is 3.85. The van der Waals surface area contributed by atoms with Gasteiger partial charge in [-0.25, -0.2) is 4.39 Å². The van der Waals surface area contributed by atoms with Crippen LogP contribution in [0.15, 0.2) is 76.2 Å². The van der Waals surface area contributed by atoms with Crippen molar-refractivity contribution in [2.45, 2.75) is 6.92 Å². The zero-order chi connectivity index (χ0) is 19.9. The minimum Gasteiger partial charge on any atom is -0.484 e. The number of hydrogen-bond donors (Lipinski definition) is 1. The molecule has 0 aromatic heterocycles. The number of aryl methyl sites for hydroxylation is 1. The van der Waals surface area contributed by atoms with E-state index >= 15 is 0 Å². The second-order valence-electron chi connectivity index (χ2n) is 6.13. The first-order valence-electron chi connectivity index (χ1n) is 8.58. The van der Waals surface area contributed by atoms with Crippen molar-refractivity contribution in [1.82, 2.24) is 0 Å². The summed E-state index contributed by atoms with van der Waals surface area (Å²) < 4.78 is 19.9. The van der Waals surface area contributed by atoms with E-state index in [1.54, 1.807) is 42.6 Å². The summed E-state index contributed by atoms with van der Waals surface area (Å²) in [6.45, 7) is 1.89. The van der Waals surface area contributed by atoms with Crippen LogP contribution in [0.3, 0.4) is 0 Å². The molecule has 1 N–H and O–H groups in total. The Morgan fingerprint density at radius 1 is 1.11 bits per heavy atom. The fraction of sp³-hybridized carbons (Fsp3) is 0.0909. The fourth-order valence-electron chi connectivity index (χ4n) is 2.36. The summed E-state index contributed by atoms with van der Waals surface area (Å²) in [5.41, 5.74) is 2.90. The Morgan fingerprint density at radius 2 is 1.82 bits per heavy atom. The van der Waals surface area contributed by atoms with Gasteiger partial charge in [0.1, 0.15) is 11.6 Å². The second-order valence-corrected chi connectivity index (χ2v) is 7.04. The van der Waals surface area contributed by atoms with Crippen LogP contribution in [0, 0.1) is 12.7 Å². The van der Waals surface area contributed by atoms with Gasteiger partial charge in [-0.05, 0) is 67.1 Å². The molecule has 0 saturated carbocycles. The van der Waals surface area contributed by atoms with Crippen LogP contribution < -0.4 is 10.1 Å². The highest BCUT2D eigenvalue weighted by molar-refractivity contribution is 9.10. The highest BCUT2D eigenvalue weighted by Gasteiger charge is 2.04. The number of amides is 1. The van der Waals surface area contributed by atoms with E-state index < -0.39 is 5.82 Å². The van der Waals surface area contributed by atoms with Crippen LogP contribution in [0.1, 0.15) is 11.1 Å². The lowest BCUT2D eigenvalue weighted by molar-refractivity contribution is -0.118. The molecule has 0 radical (unpaired) electrons. The summed E-state index contributed by atoms with van der Waals surface area (Å²) in [6, 6.07) is 19.3. The molecule has 3 aromatic carbocycles. The van der Waals surface area contributed by atoms with Gasteiger partial charge in [-0.1, -0.05) is 33.6 Å². The number of rotatable bonds is 6. The Balaban J connectivity index is 1.53. The van der Waals surface area contributed by atoms with Gasteiger partial charge in [-0.15, -0.1) is 0 Å². The molecule has 6 heteroatoms. The smallest absolute Gasteiger partial charge is 0.262 e. The summed E-state index contributed by atoms with van der Waals surface area (Å²) in [5, 5.41) is 2.77. The SMILES string of the molecule is Cc1ccc(NC(=O)COc2ccc(C=Nc3ccc(Br)cc3F)cc2)cc1. The number of nitrogens with zero attached hydrogens (tertiary/aromatic N) is 1. The van der Waals surface area contributed by atoms with Crippen molar-refractivity contribution in [1.29, 1.82) is 0 Å². The van der Waals surface area contributed by atoms with Gasteiger partial charge in [0.2, 0.25) is 0 Å². The molecular formula is C22H18BrFN2O2. The van der Waals surface area contributed by atoms with E-state index in [0.717, 1.165) is 16.8 Å². The zero-order valence-corrected chi connectivity index (χ0v) is 16.7. The predicted molar refractivity (Wildman–Crippen MR) is 113 cm³/mol. The van der Waals surface area contributed by atoms with E-state index in [2.05, 4.69) is 26.2 Å². The van der Waals surface area contributed by atoms with E-state index in [1.165, 1.54) is 6.07 Å². The maximum atomic E-state index is 13.8. The minimum atomic E-state index is -0.398. The number of hydrogen-bond acceptors (Lipinski definition) is 3. The molecule has 28 heavy (non-hydrogen) atoms. The molecule has 3 rings (SSSR count). The topological polar surface area (TPSA) is 50.7 Å². The van der Waals surface area contributed by atoms with E-state index in [4.69, 9.17) is 4.74 Å².